The van der Waals surface area contributed by atoms with Gasteiger partial charge in [0.15, 0.2) is 0 Å². The Labute approximate surface area is 115 Å². The van der Waals surface area contributed by atoms with Crippen LogP contribution in [-0.4, -0.2) is 35.3 Å². The van der Waals surface area contributed by atoms with E-state index in [1.54, 1.807) is 0 Å². The van der Waals surface area contributed by atoms with Gasteiger partial charge >= 0.3 is 0 Å². The third kappa shape index (κ3) is 3.80. The van der Waals surface area contributed by atoms with Crippen LogP contribution in [0.2, 0.25) is 0 Å². The first-order chi connectivity index (χ1) is 9.22. The van der Waals surface area contributed by atoms with Crippen molar-refractivity contribution >= 4 is 11.8 Å². The maximum absolute atomic E-state index is 5.57. The molecule has 1 heterocycles. The van der Waals surface area contributed by atoms with Crippen molar-refractivity contribution in [1.82, 2.24) is 9.97 Å². The lowest BCUT2D eigenvalue weighted by Crippen LogP contribution is -2.41. The Hall–Kier alpha value is -1.36. The molecule has 1 aliphatic carbocycles. The summed E-state index contributed by atoms with van der Waals surface area (Å²) in [6.07, 6.45) is 5.48. The third-order valence-electron chi connectivity index (χ3n) is 3.34. The van der Waals surface area contributed by atoms with Gasteiger partial charge in [-0.25, -0.2) is 4.98 Å². The Morgan fingerprint density at radius 2 is 2.16 bits per heavy atom. The molecule has 1 saturated carbocycles. The van der Waals surface area contributed by atoms with E-state index in [4.69, 9.17) is 4.74 Å². The molecule has 1 aromatic rings. The Bertz CT molecular complexity index is 404. The third-order valence-corrected chi connectivity index (χ3v) is 3.34. The minimum atomic E-state index is 0.419. The molecule has 0 atom stereocenters. The number of hydrogen-bond acceptors (Lipinski definition) is 5. The molecule has 1 fully saturated rings. The first kappa shape index (κ1) is 14.1. The molecule has 0 radical (unpaired) electrons. The second-order valence-electron chi connectivity index (χ2n) is 5.04. The van der Waals surface area contributed by atoms with Crippen LogP contribution in [0.4, 0.5) is 11.8 Å². The molecule has 0 saturated heterocycles. The summed E-state index contributed by atoms with van der Waals surface area (Å²) in [6, 6.07) is 0.476. The summed E-state index contributed by atoms with van der Waals surface area (Å²) in [5.41, 5.74) is 1.09. The number of rotatable bonds is 7. The van der Waals surface area contributed by atoms with E-state index in [1.807, 2.05) is 20.0 Å². The Balaban J connectivity index is 1.89. The molecular formula is C14H24N4O. The molecule has 2 rings (SSSR count). The number of hydrogen-bond donors (Lipinski definition) is 2. The van der Waals surface area contributed by atoms with Crippen molar-refractivity contribution in [2.75, 3.05) is 23.8 Å². The highest BCUT2D eigenvalue weighted by Gasteiger charge is 2.29. The maximum Gasteiger partial charge on any atom is 0.224 e. The molecular weight excluding hydrogens is 240 g/mol. The molecule has 5 nitrogen and oxygen atoms in total. The summed E-state index contributed by atoms with van der Waals surface area (Å²) in [6.45, 7) is 7.90. The largest absolute Gasteiger partial charge is 0.378 e. The van der Waals surface area contributed by atoms with E-state index >= 15 is 0 Å². The van der Waals surface area contributed by atoms with Gasteiger partial charge in [-0.2, -0.15) is 4.98 Å². The van der Waals surface area contributed by atoms with E-state index in [1.165, 1.54) is 0 Å². The topological polar surface area (TPSA) is 59.1 Å². The minimum Gasteiger partial charge on any atom is -0.378 e. The van der Waals surface area contributed by atoms with Crippen LogP contribution in [0.15, 0.2) is 6.20 Å². The molecule has 0 unspecified atom stereocenters. The van der Waals surface area contributed by atoms with Crippen LogP contribution in [0.25, 0.3) is 0 Å². The molecule has 2 N–H and O–H groups in total. The molecule has 1 aromatic heterocycles. The van der Waals surface area contributed by atoms with E-state index in [-0.39, 0.29) is 0 Å². The van der Waals surface area contributed by atoms with Gasteiger partial charge in [-0.3, -0.25) is 0 Å². The zero-order chi connectivity index (χ0) is 13.7. The molecule has 0 aromatic carbocycles. The molecule has 0 aliphatic heterocycles. The molecule has 106 valence electrons. The van der Waals surface area contributed by atoms with Crippen LogP contribution in [-0.2, 0) is 4.74 Å². The van der Waals surface area contributed by atoms with Crippen molar-refractivity contribution < 1.29 is 4.74 Å². The number of ether oxygens (including phenoxy) is 1. The summed E-state index contributed by atoms with van der Waals surface area (Å²) >= 11 is 0. The van der Waals surface area contributed by atoms with Crippen molar-refractivity contribution in [3.8, 4) is 0 Å². The van der Waals surface area contributed by atoms with E-state index in [0.29, 0.717) is 18.1 Å². The van der Waals surface area contributed by atoms with E-state index in [0.717, 1.165) is 43.8 Å². The second kappa shape index (κ2) is 6.70. The highest BCUT2D eigenvalue weighted by atomic mass is 16.5. The zero-order valence-electron chi connectivity index (χ0n) is 12.1. The monoisotopic (exact) mass is 264 g/mol. The van der Waals surface area contributed by atoms with Crippen molar-refractivity contribution in [2.45, 2.75) is 52.2 Å². The van der Waals surface area contributed by atoms with Gasteiger partial charge in [-0.05, 0) is 33.1 Å². The molecule has 1 aliphatic rings. The lowest BCUT2D eigenvalue weighted by molar-refractivity contribution is 0.00291. The first-order valence-electron chi connectivity index (χ1n) is 7.18. The highest BCUT2D eigenvalue weighted by molar-refractivity contribution is 5.47. The molecule has 0 bridgehead atoms. The van der Waals surface area contributed by atoms with Gasteiger partial charge in [-0.1, -0.05) is 6.92 Å². The average Bonchev–Trinajstić information content (AvgIpc) is 2.37. The number of aryl methyl sites for hydroxylation is 1. The number of nitrogens with zero attached hydrogens (tertiary/aromatic N) is 2. The maximum atomic E-state index is 5.57. The van der Waals surface area contributed by atoms with Crippen molar-refractivity contribution in [3.05, 3.63) is 11.8 Å². The molecule has 0 spiro atoms. The standard InChI is InChI=1S/C14H24N4O/c1-4-6-15-14-16-9-10(3)13(18-14)17-11-7-12(8-11)19-5-2/h9,11-12H,4-8H2,1-3H3,(H2,15,16,17,18). The number of anilines is 2. The van der Waals surface area contributed by atoms with Crippen LogP contribution >= 0.6 is 0 Å². The van der Waals surface area contributed by atoms with Crippen LogP contribution in [0.5, 0.6) is 0 Å². The summed E-state index contributed by atoms with van der Waals surface area (Å²) in [4.78, 5) is 8.81. The fraction of sp³-hybridized carbons (Fsp3) is 0.714. The summed E-state index contributed by atoms with van der Waals surface area (Å²) < 4.78 is 5.57. The van der Waals surface area contributed by atoms with Crippen LogP contribution in [0, 0.1) is 6.92 Å². The molecule has 5 heteroatoms. The number of aromatic nitrogens is 2. The van der Waals surface area contributed by atoms with Gasteiger partial charge in [0.25, 0.3) is 0 Å². The SMILES string of the molecule is CCCNc1ncc(C)c(NC2CC(OCC)C2)n1. The minimum absolute atomic E-state index is 0.419. The summed E-state index contributed by atoms with van der Waals surface area (Å²) in [5.74, 6) is 1.64. The predicted molar refractivity (Wildman–Crippen MR) is 77.6 cm³/mol. The quantitative estimate of drug-likeness (QED) is 0.792. The number of nitrogens with one attached hydrogen (secondary N) is 2. The fourth-order valence-electron chi connectivity index (χ4n) is 2.16. The average molecular weight is 264 g/mol. The van der Waals surface area contributed by atoms with Gasteiger partial charge in [-0.15, -0.1) is 0 Å². The second-order valence-corrected chi connectivity index (χ2v) is 5.04. The Morgan fingerprint density at radius 1 is 1.37 bits per heavy atom. The van der Waals surface area contributed by atoms with Crippen molar-refractivity contribution in [3.63, 3.8) is 0 Å². The van der Waals surface area contributed by atoms with Gasteiger partial charge < -0.3 is 15.4 Å². The van der Waals surface area contributed by atoms with E-state index in [2.05, 4.69) is 27.5 Å². The van der Waals surface area contributed by atoms with Crippen LogP contribution < -0.4 is 10.6 Å². The van der Waals surface area contributed by atoms with Gasteiger partial charge in [0.1, 0.15) is 5.82 Å². The lowest BCUT2D eigenvalue weighted by Gasteiger charge is -2.36. The molecule has 19 heavy (non-hydrogen) atoms. The summed E-state index contributed by atoms with van der Waals surface area (Å²) in [7, 11) is 0. The van der Waals surface area contributed by atoms with Crippen molar-refractivity contribution in [1.29, 1.82) is 0 Å². The Morgan fingerprint density at radius 3 is 2.84 bits per heavy atom. The highest BCUT2D eigenvalue weighted by Crippen LogP contribution is 2.27. The Kier molecular flexibility index (Phi) is 4.96. The first-order valence-corrected chi connectivity index (χ1v) is 7.18. The van der Waals surface area contributed by atoms with Gasteiger partial charge in [0.05, 0.1) is 6.10 Å². The fourth-order valence-corrected chi connectivity index (χ4v) is 2.16. The lowest BCUT2D eigenvalue weighted by atomic mass is 9.89. The van der Waals surface area contributed by atoms with Gasteiger partial charge in [0.2, 0.25) is 5.95 Å². The van der Waals surface area contributed by atoms with Crippen molar-refractivity contribution in [2.24, 2.45) is 0 Å². The normalized spacial score (nSPS) is 21.8. The summed E-state index contributed by atoms with van der Waals surface area (Å²) in [5, 5.41) is 6.69. The zero-order valence-corrected chi connectivity index (χ0v) is 12.1. The van der Waals surface area contributed by atoms with Crippen LogP contribution in [0.3, 0.4) is 0 Å². The van der Waals surface area contributed by atoms with E-state index in [9.17, 15) is 0 Å². The molecule has 0 amide bonds. The predicted octanol–water partition coefficient (Wildman–Crippen LogP) is 2.59. The van der Waals surface area contributed by atoms with E-state index < -0.39 is 0 Å². The van der Waals surface area contributed by atoms with Gasteiger partial charge in [0, 0.05) is 31.0 Å². The van der Waals surface area contributed by atoms with Crippen LogP contribution in [0.1, 0.15) is 38.7 Å². The smallest absolute Gasteiger partial charge is 0.224 e.